The second-order valence-corrected chi connectivity index (χ2v) is 7.38. The van der Waals surface area contributed by atoms with Gasteiger partial charge in [-0.05, 0) is 44.5 Å². The van der Waals surface area contributed by atoms with Crippen molar-refractivity contribution < 1.29 is 9.59 Å². The third-order valence-corrected chi connectivity index (χ3v) is 5.24. The Bertz CT molecular complexity index is 768. The van der Waals surface area contributed by atoms with E-state index < -0.39 is 0 Å². The topological polar surface area (TPSA) is 126 Å². The Hall–Kier alpha value is -2.59. The second kappa shape index (κ2) is 9.38. The van der Waals surface area contributed by atoms with Crippen molar-refractivity contribution in [3.63, 3.8) is 0 Å². The van der Waals surface area contributed by atoms with Crippen molar-refractivity contribution >= 4 is 28.4 Å². The van der Waals surface area contributed by atoms with Crippen LogP contribution in [0.2, 0.25) is 0 Å². The third-order valence-electron chi connectivity index (χ3n) is 4.37. The molecule has 9 nitrogen and oxygen atoms in total. The highest BCUT2D eigenvalue weighted by molar-refractivity contribution is 7.18. The van der Waals surface area contributed by atoms with Crippen molar-refractivity contribution in [2.75, 3.05) is 31.5 Å². The number of anilines is 1. The van der Waals surface area contributed by atoms with Gasteiger partial charge in [-0.1, -0.05) is 17.4 Å². The van der Waals surface area contributed by atoms with Gasteiger partial charge in [-0.3, -0.25) is 15.1 Å². The number of primary amides is 1. The second-order valence-electron chi connectivity index (χ2n) is 6.40. The molecular formula is C17H23N7O2S. The van der Waals surface area contributed by atoms with E-state index in [4.69, 9.17) is 5.73 Å². The van der Waals surface area contributed by atoms with E-state index in [0.717, 1.165) is 38.0 Å². The zero-order chi connectivity index (χ0) is 19.1. The van der Waals surface area contributed by atoms with Crippen molar-refractivity contribution in [1.82, 2.24) is 25.4 Å². The standard InChI is InChI=1S/C17H23N7O2S/c18-14(25)12-5-3-9-24(11-12)10-4-8-20-16(26)21-17-23-22-15(27-17)13-6-1-2-7-19-13/h1-2,6-7,12H,3-5,8-11H2,(H2,18,25)(H2,20,21,23,26). The number of likely N-dealkylation sites (tertiary alicyclic amines) is 1. The van der Waals surface area contributed by atoms with Gasteiger partial charge in [0.1, 0.15) is 5.69 Å². The Kier molecular flexibility index (Phi) is 6.66. The highest BCUT2D eigenvalue weighted by atomic mass is 32.1. The van der Waals surface area contributed by atoms with Gasteiger partial charge in [0.2, 0.25) is 11.0 Å². The first-order valence-corrected chi connectivity index (χ1v) is 9.75. The van der Waals surface area contributed by atoms with E-state index in [0.29, 0.717) is 23.2 Å². The molecule has 1 unspecified atom stereocenters. The molecule has 3 heterocycles. The number of hydrogen-bond donors (Lipinski definition) is 3. The summed E-state index contributed by atoms with van der Waals surface area (Å²) in [5, 5.41) is 14.6. The van der Waals surface area contributed by atoms with E-state index in [1.807, 2.05) is 18.2 Å². The number of rotatable bonds is 7. The molecule has 1 saturated heterocycles. The molecule has 10 heteroatoms. The molecular weight excluding hydrogens is 366 g/mol. The number of nitrogens with zero attached hydrogens (tertiary/aromatic N) is 4. The summed E-state index contributed by atoms with van der Waals surface area (Å²) < 4.78 is 0. The molecule has 0 spiro atoms. The van der Waals surface area contributed by atoms with Crippen LogP contribution in [0.5, 0.6) is 0 Å². The van der Waals surface area contributed by atoms with Crippen molar-refractivity contribution in [3.05, 3.63) is 24.4 Å². The van der Waals surface area contributed by atoms with Gasteiger partial charge in [-0.2, -0.15) is 0 Å². The number of nitrogens with one attached hydrogen (secondary N) is 2. The predicted molar refractivity (Wildman–Crippen MR) is 103 cm³/mol. The first-order valence-electron chi connectivity index (χ1n) is 8.93. The summed E-state index contributed by atoms with van der Waals surface area (Å²) in [6.07, 6.45) is 4.34. The molecule has 144 valence electrons. The summed E-state index contributed by atoms with van der Waals surface area (Å²) in [5.74, 6) is -0.278. The van der Waals surface area contributed by atoms with Gasteiger partial charge in [0, 0.05) is 19.3 Å². The lowest BCUT2D eigenvalue weighted by Gasteiger charge is -2.31. The first-order chi connectivity index (χ1) is 13.1. The van der Waals surface area contributed by atoms with Crippen LogP contribution in [0.4, 0.5) is 9.93 Å². The summed E-state index contributed by atoms with van der Waals surface area (Å²) in [6, 6.07) is 5.23. The summed E-state index contributed by atoms with van der Waals surface area (Å²) in [6.45, 7) is 3.04. The van der Waals surface area contributed by atoms with E-state index in [1.54, 1.807) is 6.20 Å². The lowest BCUT2D eigenvalue weighted by atomic mass is 9.97. The molecule has 0 saturated carbocycles. The van der Waals surface area contributed by atoms with Crippen LogP contribution in [0.3, 0.4) is 0 Å². The number of piperidine rings is 1. The molecule has 3 rings (SSSR count). The fourth-order valence-corrected chi connectivity index (χ4v) is 3.72. The maximum Gasteiger partial charge on any atom is 0.321 e. The number of amides is 3. The Morgan fingerprint density at radius 1 is 1.33 bits per heavy atom. The molecule has 0 aromatic carbocycles. The molecule has 27 heavy (non-hydrogen) atoms. The average Bonchev–Trinajstić information content (AvgIpc) is 3.14. The van der Waals surface area contributed by atoms with Crippen LogP contribution in [0.25, 0.3) is 10.7 Å². The highest BCUT2D eigenvalue weighted by Gasteiger charge is 2.23. The van der Waals surface area contributed by atoms with Crippen molar-refractivity contribution in [1.29, 1.82) is 0 Å². The van der Waals surface area contributed by atoms with E-state index in [2.05, 4.69) is 30.7 Å². The minimum absolute atomic E-state index is 0.0549. The smallest absolute Gasteiger partial charge is 0.321 e. The summed E-state index contributed by atoms with van der Waals surface area (Å²) in [5.41, 5.74) is 6.11. The Labute approximate surface area is 161 Å². The lowest BCUT2D eigenvalue weighted by Crippen LogP contribution is -2.42. The van der Waals surface area contributed by atoms with Crippen LogP contribution >= 0.6 is 11.3 Å². The monoisotopic (exact) mass is 389 g/mol. The molecule has 4 N–H and O–H groups in total. The number of nitrogens with two attached hydrogens (primary N) is 1. The fourth-order valence-electron chi connectivity index (χ4n) is 3.00. The van der Waals surface area contributed by atoms with E-state index in [1.165, 1.54) is 11.3 Å². The molecule has 0 radical (unpaired) electrons. The zero-order valence-electron chi connectivity index (χ0n) is 14.9. The molecule has 2 aromatic heterocycles. The lowest BCUT2D eigenvalue weighted by molar-refractivity contribution is -0.123. The largest absolute Gasteiger partial charge is 0.369 e. The number of aromatic nitrogens is 3. The molecule has 1 fully saturated rings. The molecule has 0 bridgehead atoms. The highest BCUT2D eigenvalue weighted by Crippen LogP contribution is 2.24. The van der Waals surface area contributed by atoms with Gasteiger partial charge >= 0.3 is 6.03 Å². The van der Waals surface area contributed by atoms with E-state index in [-0.39, 0.29) is 17.9 Å². The SMILES string of the molecule is NC(=O)C1CCCN(CCCNC(=O)Nc2nnc(-c3ccccn3)s2)C1. The number of pyridine rings is 1. The third kappa shape index (κ3) is 5.69. The zero-order valence-corrected chi connectivity index (χ0v) is 15.7. The summed E-state index contributed by atoms with van der Waals surface area (Å²) in [7, 11) is 0. The van der Waals surface area contributed by atoms with Gasteiger partial charge < -0.3 is 16.0 Å². The van der Waals surface area contributed by atoms with Crippen LogP contribution in [-0.4, -0.2) is 58.2 Å². The fraction of sp³-hybridized carbons (Fsp3) is 0.471. The molecule has 1 aliphatic heterocycles. The van der Waals surface area contributed by atoms with E-state index in [9.17, 15) is 9.59 Å². The van der Waals surface area contributed by atoms with Gasteiger partial charge in [0.25, 0.3) is 0 Å². The van der Waals surface area contributed by atoms with Crippen molar-refractivity contribution in [3.8, 4) is 10.7 Å². The number of hydrogen-bond acceptors (Lipinski definition) is 7. The molecule has 1 atom stereocenters. The van der Waals surface area contributed by atoms with Crippen LogP contribution in [-0.2, 0) is 4.79 Å². The van der Waals surface area contributed by atoms with Gasteiger partial charge in [0.05, 0.1) is 5.92 Å². The van der Waals surface area contributed by atoms with Gasteiger partial charge in [0.15, 0.2) is 5.01 Å². The van der Waals surface area contributed by atoms with Crippen LogP contribution in [0.1, 0.15) is 19.3 Å². The van der Waals surface area contributed by atoms with Gasteiger partial charge in [-0.25, -0.2) is 4.79 Å². The molecule has 0 aliphatic carbocycles. The van der Waals surface area contributed by atoms with Crippen LogP contribution in [0.15, 0.2) is 24.4 Å². The van der Waals surface area contributed by atoms with Crippen molar-refractivity contribution in [2.24, 2.45) is 11.7 Å². The summed E-state index contributed by atoms with van der Waals surface area (Å²) in [4.78, 5) is 29.7. The molecule has 1 aliphatic rings. The Balaban J connectivity index is 1.37. The van der Waals surface area contributed by atoms with Gasteiger partial charge in [-0.15, -0.1) is 10.2 Å². The number of urea groups is 1. The minimum atomic E-state index is -0.313. The quantitative estimate of drug-likeness (QED) is 0.613. The Morgan fingerprint density at radius 3 is 3.00 bits per heavy atom. The van der Waals surface area contributed by atoms with Crippen LogP contribution < -0.4 is 16.4 Å². The number of carbonyl (C=O) groups excluding carboxylic acids is 2. The average molecular weight is 389 g/mol. The van der Waals surface area contributed by atoms with Crippen molar-refractivity contribution in [2.45, 2.75) is 19.3 Å². The molecule has 2 aromatic rings. The first kappa shape index (κ1) is 19.2. The number of carbonyl (C=O) groups is 2. The maximum absolute atomic E-state index is 12.0. The Morgan fingerprint density at radius 2 is 2.22 bits per heavy atom. The predicted octanol–water partition coefficient (Wildman–Crippen LogP) is 1.31. The van der Waals surface area contributed by atoms with Crippen LogP contribution in [0, 0.1) is 5.92 Å². The normalized spacial score (nSPS) is 17.4. The minimum Gasteiger partial charge on any atom is -0.369 e. The molecule has 3 amide bonds. The summed E-state index contributed by atoms with van der Waals surface area (Å²) >= 11 is 1.27. The van der Waals surface area contributed by atoms with E-state index >= 15 is 0 Å². The maximum atomic E-state index is 12.0.